The summed E-state index contributed by atoms with van der Waals surface area (Å²) in [4.78, 5) is 0. The van der Waals surface area contributed by atoms with E-state index in [1.54, 1.807) is 0 Å². The standard InChI is InChI=1S/BrH.FH.Li.Mg.3H/h2*1H;;;;;/q;;+1;+2;3*-1. The van der Waals surface area contributed by atoms with Gasteiger partial charge in [0.2, 0.25) is 0 Å². The summed E-state index contributed by atoms with van der Waals surface area (Å²) in [7, 11) is 0. The molecule has 0 aliphatic rings. The first-order valence-electron chi connectivity index (χ1n) is 0. The molecule has 0 nitrogen and oxygen atoms in total. The van der Waals surface area contributed by atoms with Gasteiger partial charge in [-0.3, -0.25) is 4.70 Å². The van der Waals surface area contributed by atoms with Gasteiger partial charge in [-0.2, -0.15) is 0 Å². The Bertz CT molecular complexity index is 14.9. The fraction of sp³-hybridized carbons (Fsp3) is 0. The van der Waals surface area contributed by atoms with Crippen molar-refractivity contribution in [1.29, 1.82) is 0 Å². The molecule has 0 heterocycles. The van der Waals surface area contributed by atoms with Crippen molar-refractivity contribution in [3.05, 3.63) is 0 Å². The fourth-order valence-electron chi connectivity index (χ4n) is 0. The van der Waals surface area contributed by atoms with E-state index >= 15 is 0 Å². The summed E-state index contributed by atoms with van der Waals surface area (Å²) in [6.07, 6.45) is 0. The Morgan fingerprint density at radius 3 is 1.25 bits per heavy atom. The van der Waals surface area contributed by atoms with Gasteiger partial charge in [0.05, 0.1) is 0 Å². The van der Waals surface area contributed by atoms with Crippen LogP contribution in [0.15, 0.2) is 0 Å². The van der Waals surface area contributed by atoms with Crippen LogP contribution in [-0.4, -0.2) is 23.1 Å². The van der Waals surface area contributed by atoms with Crippen molar-refractivity contribution in [1.82, 2.24) is 0 Å². The summed E-state index contributed by atoms with van der Waals surface area (Å²) in [5.74, 6) is 0. The molecule has 0 spiro atoms. The summed E-state index contributed by atoms with van der Waals surface area (Å²) in [6, 6.07) is 0. The minimum absolute atomic E-state index is 0. The monoisotopic (exact) mass is 134 g/mol. The third kappa shape index (κ3) is 9.23. The first-order chi connectivity index (χ1) is 0. The predicted octanol–water partition coefficient (Wildman–Crippen LogP) is -2.31. The molecule has 0 saturated carbocycles. The van der Waals surface area contributed by atoms with Crippen LogP contribution >= 0.6 is 17.0 Å². The molecule has 0 N–H and O–H groups in total. The molecule has 0 saturated heterocycles. The zero-order valence-corrected chi connectivity index (χ0v) is 5.65. The second-order valence-electron chi connectivity index (χ2n) is 0. The fourth-order valence-corrected chi connectivity index (χ4v) is 0. The van der Waals surface area contributed by atoms with Crippen molar-refractivity contribution in [2.24, 2.45) is 0 Å². The van der Waals surface area contributed by atoms with E-state index in [9.17, 15) is 0 Å². The molecule has 0 aromatic heterocycles. The van der Waals surface area contributed by atoms with Gasteiger partial charge in [-0.15, -0.1) is 17.0 Å². The summed E-state index contributed by atoms with van der Waals surface area (Å²) in [5, 5.41) is 0. The Kier molecular flexibility index (Phi) is 226. The summed E-state index contributed by atoms with van der Waals surface area (Å²) >= 11 is 0. The minimum Gasteiger partial charge on any atom is -1.00 e. The quantitative estimate of drug-likeness (QED) is 0.327. The van der Waals surface area contributed by atoms with Gasteiger partial charge in [0, 0.05) is 0 Å². The molecular formula is H5BrFLiMg. The van der Waals surface area contributed by atoms with Gasteiger partial charge in [-0.25, -0.2) is 0 Å². The molecule has 0 aliphatic carbocycles. The topological polar surface area (TPSA) is 0 Å². The van der Waals surface area contributed by atoms with Crippen molar-refractivity contribution in [3.63, 3.8) is 0 Å². The maximum absolute atomic E-state index is 0. The van der Waals surface area contributed by atoms with Crippen molar-refractivity contribution in [2.75, 3.05) is 0 Å². The SMILES string of the molecule is Br.F.[H-].[H-].[H-].[Li+].[Mg+2]. The number of rotatable bonds is 0. The number of halogens is 2. The normalized spacial score (nSPS) is 0. The maximum Gasteiger partial charge on any atom is 2.00 e. The van der Waals surface area contributed by atoms with Crippen LogP contribution in [-0.2, 0) is 0 Å². The van der Waals surface area contributed by atoms with Crippen molar-refractivity contribution in [2.45, 2.75) is 0 Å². The van der Waals surface area contributed by atoms with Crippen LogP contribution < -0.4 is 18.9 Å². The average Bonchev–Trinajstić information content (AvgIpc) is 0. The average molecular weight is 135 g/mol. The zero-order valence-electron chi connectivity index (χ0n) is 5.52. The molecule has 0 aliphatic heterocycles. The molecule has 4 heteroatoms. The summed E-state index contributed by atoms with van der Waals surface area (Å²) in [5.41, 5.74) is 0. The molecule has 0 amide bonds. The van der Waals surface area contributed by atoms with E-state index in [0.717, 1.165) is 0 Å². The van der Waals surface area contributed by atoms with Gasteiger partial charge in [0.1, 0.15) is 0 Å². The molecule has 0 rings (SSSR count). The largest absolute Gasteiger partial charge is 2.00 e. The third-order valence-corrected chi connectivity index (χ3v) is 0. The van der Waals surface area contributed by atoms with Gasteiger partial charge < -0.3 is 4.28 Å². The molecule has 22 valence electrons. The molecule has 4 heavy (non-hydrogen) atoms. The van der Waals surface area contributed by atoms with Crippen LogP contribution in [0.4, 0.5) is 4.70 Å². The molecule has 0 atom stereocenters. The molecular weight excluding hydrogens is 130 g/mol. The molecule has 0 aromatic carbocycles. The van der Waals surface area contributed by atoms with Crippen molar-refractivity contribution in [3.8, 4) is 0 Å². The van der Waals surface area contributed by atoms with Crippen LogP contribution in [0.25, 0.3) is 0 Å². The van der Waals surface area contributed by atoms with Gasteiger partial charge in [-0.1, -0.05) is 0 Å². The van der Waals surface area contributed by atoms with Gasteiger partial charge in [0.25, 0.3) is 0 Å². The van der Waals surface area contributed by atoms with E-state index < -0.39 is 0 Å². The Morgan fingerprint density at radius 1 is 1.25 bits per heavy atom. The zero-order chi connectivity index (χ0) is 0. The summed E-state index contributed by atoms with van der Waals surface area (Å²) < 4.78 is 0. The van der Waals surface area contributed by atoms with Crippen LogP contribution in [0.2, 0.25) is 0 Å². The summed E-state index contributed by atoms with van der Waals surface area (Å²) in [6.45, 7) is 0. The Labute approximate surface area is 67.6 Å². The third-order valence-electron chi connectivity index (χ3n) is 0. The smallest absolute Gasteiger partial charge is 1.00 e. The predicted molar refractivity (Wildman–Crippen MR) is 21.9 cm³/mol. The second-order valence-corrected chi connectivity index (χ2v) is 0. The van der Waals surface area contributed by atoms with Gasteiger partial charge in [0.15, 0.2) is 0 Å². The van der Waals surface area contributed by atoms with Crippen molar-refractivity contribution < 1.29 is 27.8 Å². The minimum atomic E-state index is 0. The first-order valence-corrected chi connectivity index (χ1v) is 0. The van der Waals surface area contributed by atoms with E-state index in [0.29, 0.717) is 0 Å². The van der Waals surface area contributed by atoms with E-state index in [2.05, 4.69) is 0 Å². The Morgan fingerprint density at radius 2 is 1.25 bits per heavy atom. The Hall–Kier alpha value is 1.77. The van der Waals surface area contributed by atoms with Crippen molar-refractivity contribution >= 4 is 40.0 Å². The van der Waals surface area contributed by atoms with Crippen LogP contribution in [0.5, 0.6) is 0 Å². The number of hydrogen-bond acceptors (Lipinski definition) is 0. The maximum atomic E-state index is 0. The molecule has 0 fully saturated rings. The Balaban J connectivity index is 0. The second kappa shape index (κ2) is 21.6. The van der Waals surface area contributed by atoms with Crippen LogP contribution in [0, 0.1) is 0 Å². The van der Waals surface area contributed by atoms with E-state index in [4.69, 9.17) is 0 Å². The molecule has 0 bridgehead atoms. The van der Waals surface area contributed by atoms with Gasteiger partial charge >= 0.3 is 41.9 Å². The molecule has 0 aromatic rings. The van der Waals surface area contributed by atoms with E-state index in [1.807, 2.05) is 0 Å². The molecule has 0 radical (unpaired) electrons. The van der Waals surface area contributed by atoms with Gasteiger partial charge in [-0.05, 0) is 0 Å². The van der Waals surface area contributed by atoms with E-state index in [1.165, 1.54) is 0 Å². The van der Waals surface area contributed by atoms with Crippen LogP contribution in [0.1, 0.15) is 4.28 Å². The van der Waals surface area contributed by atoms with E-state index in [-0.39, 0.29) is 67.9 Å². The number of hydrogen-bond donors (Lipinski definition) is 0. The molecule has 0 unspecified atom stereocenters. The first kappa shape index (κ1) is 41.8. The van der Waals surface area contributed by atoms with Crippen LogP contribution in [0.3, 0.4) is 0 Å².